The lowest BCUT2D eigenvalue weighted by atomic mass is 9.85. The molecule has 1 saturated carbocycles. The zero-order valence-electron chi connectivity index (χ0n) is 15.0. The van der Waals surface area contributed by atoms with Gasteiger partial charge in [0, 0.05) is 13.6 Å². The molecule has 0 bridgehead atoms. The fourth-order valence-corrected chi connectivity index (χ4v) is 8.91. The van der Waals surface area contributed by atoms with Gasteiger partial charge in [0.2, 0.25) is 0 Å². The Morgan fingerprint density at radius 1 is 0.773 bits per heavy atom. The van der Waals surface area contributed by atoms with Gasteiger partial charge < -0.3 is 0 Å². The summed E-state index contributed by atoms with van der Waals surface area (Å²) in [5, 5.41) is 0. The molecule has 1 saturated heterocycles. The molecule has 0 amide bonds. The first-order chi connectivity index (χ1) is 10.8. The largest absolute Gasteiger partial charge is 0.0891 e. The molecule has 2 fully saturated rings. The highest BCUT2D eigenvalue weighted by atomic mass is 79.9. The molecule has 1 aliphatic carbocycles. The van der Waals surface area contributed by atoms with Crippen molar-refractivity contribution in [2.75, 3.05) is 0 Å². The average Bonchev–Trinajstić information content (AvgIpc) is 2.55. The summed E-state index contributed by atoms with van der Waals surface area (Å²) in [6.45, 7) is 2.34. The van der Waals surface area contributed by atoms with E-state index in [0.29, 0.717) is 0 Å². The third-order valence-electron chi connectivity index (χ3n) is 6.43. The Morgan fingerprint density at radius 2 is 1.36 bits per heavy atom. The molecule has 2 rings (SSSR count). The summed E-state index contributed by atoms with van der Waals surface area (Å²) >= 11 is 3.78. The third-order valence-corrected chi connectivity index (χ3v) is 10.9. The maximum Gasteiger partial charge on any atom is 0.0368 e. The highest BCUT2D eigenvalue weighted by Crippen LogP contribution is 2.34. The number of rotatable bonds is 9. The van der Waals surface area contributed by atoms with E-state index in [-0.39, 0.29) is 8.80 Å². The molecular weight excluding hydrogens is 348 g/mol. The molecule has 2 heteroatoms. The van der Waals surface area contributed by atoms with Gasteiger partial charge in [0.1, 0.15) is 0 Å². The van der Waals surface area contributed by atoms with Crippen LogP contribution in [0, 0.1) is 11.8 Å². The number of hydrogen-bond donors (Lipinski definition) is 0. The van der Waals surface area contributed by atoms with Crippen LogP contribution in [0.5, 0.6) is 0 Å². The van der Waals surface area contributed by atoms with Crippen LogP contribution in [0.3, 0.4) is 0 Å². The zero-order chi connectivity index (χ0) is 15.6. The lowest BCUT2D eigenvalue weighted by Gasteiger charge is -2.28. The Balaban J connectivity index is 1.45. The summed E-state index contributed by atoms with van der Waals surface area (Å²) in [6.07, 6.45) is 19.6. The molecule has 1 heterocycles. The van der Waals surface area contributed by atoms with Gasteiger partial charge in [-0.25, -0.2) is 0 Å². The van der Waals surface area contributed by atoms with Crippen LogP contribution >= 0.6 is 15.9 Å². The highest BCUT2D eigenvalue weighted by molar-refractivity contribution is 9.09. The van der Waals surface area contributed by atoms with Crippen molar-refractivity contribution >= 4 is 24.7 Å². The SMILES string of the molecule is CCCCC[SiH]1CCC(CCCCC2CCC(Br)CC2)CC1. The van der Waals surface area contributed by atoms with E-state index in [1.165, 1.54) is 57.8 Å². The molecule has 0 N–H and O–H groups in total. The number of unbranched alkanes of at least 4 members (excludes halogenated alkanes) is 3. The van der Waals surface area contributed by atoms with Gasteiger partial charge in [-0.15, -0.1) is 0 Å². The molecule has 0 aromatic carbocycles. The van der Waals surface area contributed by atoms with Crippen LogP contribution in [-0.2, 0) is 0 Å². The maximum absolute atomic E-state index is 3.78. The molecule has 0 radical (unpaired) electrons. The van der Waals surface area contributed by atoms with E-state index in [4.69, 9.17) is 0 Å². The molecule has 2 aliphatic rings. The normalized spacial score (nSPS) is 33.0. The number of hydrogen-bond acceptors (Lipinski definition) is 0. The molecular formula is C20H39BrSi. The molecule has 22 heavy (non-hydrogen) atoms. The Bertz CT molecular complexity index is 265. The molecule has 0 nitrogen and oxygen atoms in total. The molecule has 1 aliphatic heterocycles. The average molecular weight is 388 g/mol. The molecule has 0 aromatic rings. The van der Waals surface area contributed by atoms with Crippen molar-refractivity contribution in [3.63, 3.8) is 0 Å². The van der Waals surface area contributed by atoms with Crippen LogP contribution in [-0.4, -0.2) is 13.6 Å². The monoisotopic (exact) mass is 386 g/mol. The fourth-order valence-electron chi connectivity index (χ4n) is 4.77. The van der Waals surface area contributed by atoms with Crippen molar-refractivity contribution < 1.29 is 0 Å². The van der Waals surface area contributed by atoms with E-state index in [0.717, 1.165) is 16.7 Å². The van der Waals surface area contributed by atoms with Crippen LogP contribution in [0.4, 0.5) is 0 Å². The van der Waals surface area contributed by atoms with Crippen LogP contribution < -0.4 is 0 Å². The van der Waals surface area contributed by atoms with Crippen molar-refractivity contribution in [3.8, 4) is 0 Å². The van der Waals surface area contributed by atoms with Crippen LogP contribution in [0.1, 0.15) is 90.4 Å². The minimum atomic E-state index is -0.271. The van der Waals surface area contributed by atoms with E-state index >= 15 is 0 Å². The predicted molar refractivity (Wildman–Crippen MR) is 107 cm³/mol. The van der Waals surface area contributed by atoms with E-state index in [9.17, 15) is 0 Å². The smallest absolute Gasteiger partial charge is 0.0368 e. The summed E-state index contributed by atoms with van der Waals surface area (Å²) in [4.78, 5) is 0.834. The van der Waals surface area contributed by atoms with Gasteiger partial charge in [0.25, 0.3) is 0 Å². The summed E-state index contributed by atoms with van der Waals surface area (Å²) in [7, 11) is -0.271. The van der Waals surface area contributed by atoms with Crippen molar-refractivity contribution in [2.24, 2.45) is 11.8 Å². The van der Waals surface area contributed by atoms with Gasteiger partial charge in [0.15, 0.2) is 0 Å². The molecule has 0 aromatic heterocycles. The van der Waals surface area contributed by atoms with Gasteiger partial charge in [-0.2, -0.15) is 0 Å². The standard InChI is InChI=1S/C20H39BrSi/c1-2-3-6-15-22-16-13-19(14-17-22)8-5-4-7-18-9-11-20(21)12-10-18/h18-20,22H,2-17H2,1H3. The molecule has 0 spiro atoms. The Kier molecular flexibility index (Phi) is 9.76. The first-order valence-electron chi connectivity index (χ1n) is 10.4. The summed E-state index contributed by atoms with van der Waals surface area (Å²) in [6, 6.07) is 5.03. The summed E-state index contributed by atoms with van der Waals surface area (Å²) < 4.78 is 0. The molecule has 130 valence electrons. The van der Waals surface area contributed by atoms with Gasteiger partial charge in [-0.3, -0.25) is 0 Å². The quantitative estimate of drug-likeness (QED) is 0.221. The first-order valence-corrected chi connectivity index (χ1v) is 13.8. The topological polar surface area (TPSA) is 0 Å². The Labute approximate surface area is 150 Å². The number of halogens is 1. The van der Waals surface area contributed by atoms with Crippen molar-refractivity contribution in [1.82, 2.24) is 0 Å². The zero-order valence-corrected chi connectivity index (χ0v) is 17.7. The van der Waals surface area contributed by atoms with E-state index in [1.807, 2.05) is 0 Å². The van der Waals surface area contributed by atoms with Gasteiger partial charge in [0.05, 0.1) is 0 Å². The Hall–Kier alpha value is 0.697. The highest BCUT2D eigenvalue weighted by Gasteiger charge is 2.22. The van der Waals surface area contributed by atoms with Crippen LogP contribution in [0.15, 0.2) is 0 Å². The van der Waals surface area contributed by atoms with E-state index in [1.54, 1.807) is 43.8 Å². The van der Waals surface area contributed by atoms with Gasteiger partial charge in [-0.05, 0) is 37.5 Å². The van der Waals surface area contributed by atoms with E-state index < -0.39 is 0 Å². The first kappa shape index (κ1) is 19.0. The van der Waals surface area contributed by atoms with Crippen LogP contribution in [0.25, 0.3) is 0 Å². The minimum absolute atomic E-state index is 0.271. The van der Waals surface area contributed by atoms with Crippen molar-refractivity contribution in [3.05, 3.63) is 0 Å². The maximum atomic E-state index is 3.78. The minimum Gasteiger partial charge on any atom is -0.0891 e. The van der Waals surface area contributed by atoms with Crippen molar-refractivity contribution in [2.45, 2.75) is 113 Å². The molecule has 0 unspecified atom stereocenters. The fraction of sp³-hybridized carbons (Fsp3) is 1.00. The molecule has 0 atom stereocenters. The van der Waals surface area contributed by atoms with Crippen molar-refractivity contribution in [1.29, 1.82) is 0 Å². The lowest BCUT2D eigenvalue weighted by Crippen LogP contribution is -2.21. The second-order valence-electron chi connectivity index (χ2n) is 8.28. The predicted octanol–water partition coefficient (Wildman–Crippen LogP) is 7.33. The van der Waals surface area contributed by atoms with Gasteiger partial charge in [-0.1, -0.05) is 98.8 Å². The second-order valence-corrected chi connectivity index (χ2v) is 13.0. The number of alkyl halides is 1. The van der Waals surface area contributed by atoms with Gasteiger partial charge >= 0.3 is 0 Å². The second kappa shape index (κ2) is 11.3. The van der Waals surface area contributed by atoms with E-state index in [2.05, 4.69) is 22.9 Å². The summed E-state index contributed by atoms with van der Waals surface area (Å²) in [5.41, 5.74) is 0. The third kappa shape index (κ3) is 7.51. The lowest BCUT2D eigenvalue weighted by molar-refractivity contribution is 0.327. The summed E-state index contributed by atoms with van der Waals surface area (Å²) in [5.74, 6) is 2.18. The van der Waals surface area contributed by atoms with Crippen LogP contribution in [0.2, 0.25) is 18.1 Å². The Morgan fingerprint density at radius 3 is 1.95 bits per heavy atom.